The van der Waals surface area contributed by atoms with Crippen LogP contribution in [0.2, 0.25) is 0 Å². The molecule has 5 aromatic rings. The minimum atomic E-state index is -1.41. The Morgan fingerprint density at radius 3 is 2.29 bits per heavy atom. The number of fused-ring (bicyclic) bond motifs is 1. The third-order valence-electron chi connectivity index (χ3n) is 10.7. The quantitative estimate of drug-likeness (QED) is 0.101. The highest BCUT2D eigenvalue weighted by molar-refractivity contribution is 6.02. The van der Waals surface area contributed by atoms with Crippen molar-refractivity contribution >= 4 is 46.6 Å². The number of phenols is 2. The standard InChI is InChI=1S/C38H41N11O7/c1-46-19-30(52)49(38(46)56)29-15-28(32(53)33(29)54)48-20-41-31-34(40-17-27(21-4-8-25(50)9-5-21)22-6-10-26(51)11-7-22)44-36(45-35(31)48)47-14-12-24(18-47)43-37(55)42-23-3-2-13-39-16-23/h2-11,13,16,20,24,27-29,32-33,50-51,53-54H,12,14-15,17-19H2,1H3,(H,40,44,45)(H2,42,43,55)/t24-,28-,29+,32+,33-/m1/s1. The molecule has 1 saturated carbocycles. The van der Waals surface area contributed by atoms with Gasteiger partial charge in [-0.2, -0.15) is 9.97 Å². The Hall–Kier alpha value is -6.53. The second-order valence-corrected chi connectivity index (χ2v) is 14.3. The van der Waals surface area contributed by atoms with Gasteiger partial charge in [-0.15, -0.1) is 0 Å². The fourth-order valence-corrected chi connectivity index (χ4v) is 7.78. The summed E-state index contributed by atoms with van der Waals surface area (Å²) in [7, 11) is 1.51. The van der Waals surface area contributed by atoms with Crippen LogP contribution in [0.15, 0.2) is 79.4 Å². The third kappa shape index (κ3) is 7.06. The molecule has 3 fully saturated rings. The van der Waals surface area contributed by atoms with Crippen LogP contribution in [-0.2, 0) is 4.79 Å². The van der Waals surface area contributed by atoms with E-state index in [2.05, 4.69) is 25.9 Å². The minimum absolute atomic E-state index is 0.0622. The molecule has 2 saturated heterocycles. The summed E-state index contributed by atoms with van der Waals surface area (Å²) in [5, 5.41) is 51.8. The lowest BCUT2D eigenvalue weighted by Crippen LogP contribution is -2.47. The number of pyridine rings is 1. The van der Waals surface area contributed by atoms with Crippen LogP contribution in [0.25, 0.3) is 11.2 Å². The predicted octanol–water partition coefficient (Wildman–Crippen LogP) is 2.21. The maximum absolute atomic E-state index is 12.9. The van der Waals surface area contributed by atoms with Gasteiger partial charge in [-0.3, -0.25) is 14.7 Å². The number of benzene rings is 2. The number of aromatic hydroxyl groups is 2. The van der Waals surface area contributed by atoms with Crippen molar-refractivity contribution in [2.75, 3.05) is 48.8 Å². The maximum Gasteiger partial charge on any atom is 0.327 e. The summed E-state index contributed by atoms with van der Waals surface area (Å²) in [6.45, 7) is 1.10. The molecule has 56 heavy (non-hydrogen) atoms. The van der Waals surface area contributed by atoms with Crippen LogP contribution in [0.4, 0.5) is 27.0 Å². The highest BCUT2D eigenvalue weighted by Crippen LogP contribution is 2.38. The molecule has 0 radical (unpaired) electrons. The summed E-state index contributed by atoms with van der Waals surface area (Å²) in [4.78, 5) is 61.3. The Morgan fingerprint density at radius 1 is 0.946 bits per heavy atom. The number of nitrogens with one attached hydrogen (secondary N) is 3. The highest BCUT2D eigenvalue weighted by atomic mass is 16.3. The molecule has 290 valence electrons. The number of hydrogen-bond donors (Lipinski definition) is 7. The lowest BCUT2D eigenvalue weighted by atomic mass is 9.91. The van der Waals surface area contributed by atoms with Crippen molar-refractivity contribution in [2.45, 2.75) is 49.1 Å². The lowest BCUT2D eigenvalue weighted by molar-refractivity contribution is -0.128. The number of amides is 5. The fourth-order valence-electron chi connectivity index (χ4n) is 7.78. The molecular formula is C38H41N11O7. The van der Waals surface area contributed by atoms with Crippen molar-refractivity contribution in [3.63, 3.8) is 0 Å². The molecule has 8 rings (SSSR count). The van der Waals surface area contributed by atoms with Gasteiger partial charge in [-0.25, -0.2) is 14.6 Å². The number of aliphatic hydroxyl groups excluding tert-OH is 2. The first kappa shape index (κ1) is 36.4. The molecular weight excluding hydrogens is 722 g/mol. The highest BCUT2D eigenvalue weighted by Gasteiger charge is 2.51. The molecule has 0 spiro atoms. The van der Waals surface area contributed by atoms with E-state index in [1.54, 1.807) is 53.4 Å². The Morgan fingerprint density at radius 2 is 1.64 bits per heavy atom. The van der Waals surface area contributed by atoms with Crippen molar-refractivity contribution in [3.05, 3.63) is 90.5 Å². The van der Waals surface area contributed by atoms with Gasteiger partial charge in [0.25, 0.3) is 5.91 Å². The zero-order valence-electron chi connectivity index (χ0n) is 30.3. The number of rotatable bonds is 10. The number of aromatic nitrogens is 5. The molecule has 5 heterocycles. The normalized spacial score (nSPS) is 22.4. The number of likely N-dealkylation sites (N-methyl/N-ethyl adjacent to an activating group) is 1. The van der Waals surface area contributed by atoms with E-state index in [4.69, 9.17) is 9.97 Å². The topological polar surface area (TPSA) is 234 Å². The minimum Gasteiger partial charge on any atom is -0.508 e. The Balaban J connectivity index is 1.11. The number of imidazole rings is 1. The van der Waals surface area contributed by atoms with Gasteiger partial charge in [0, 0.05) is 44.8 Å². The van der Waals surface area contributed by atoms with E-state index in [0.717, 1.165) is 16.0 Å². The predicted molar refractivity (Wildman–Crippen MR) is 203 cm³/mol. The Kier molecular flexibility index (Phi) is 9.73. The molecule has 0 unspecified atom stereocenters. The van der Waals surface area contributed by atoms with Crippen LogP contribution in [-0.4, -0.2) is 130 Å². The fraction of sp³-hybridized carbons (Fsp3) is 0.342. The van der Waals surface area contributed by atoms with Crippen LogP contribution in [0.5, 0.6) is 11.5 Å². The van der Waals surface area contributed by atoms with E-state index in [9.17, 15) is 34.8 Å². The molecule has 3 aliphatic rings. The van der Waals surface area contributed by atoms with Crippen LogP contribution in [0.3, 0.4) is 0 Å². The monoisotopic (exact) mass is 763 g/mol. The second kappa shape index (κ2) is 15.0. The van der Waals surface area contributed by atoms with E-state index in [1.807, 2.05) is 29.2 Å². The number of nitrogens with zero attached hydrogens (tertiary/aromatic N) is 8. The number of urea groups is 2. The maximum atomic E-state index is 12.9. The summed E-state index contributed by atoms with van der Waals surface area (Å²) in [6, 6.07) is 14.3. The molecule has 5 amide bonds. The van der Waals surface area contributed by atoms with Crippen molar-refractivity contribution < 1.29 is 34.8 Å². The summed E-state index contributed by atoms with van der Waals surface area (Å²) < 4.78 is 1.65. The third-order valence-corrected chi connectivity index (χ3v) is 10.7. The number of imide groups is 1. The van der Waals surface area contributed by atoms with Gasteiger partial charge in [0.1, 0.15) is 30.3 Å². The van der Waals surface area contributed by atoms with Gasteiger partial charge >= 0.3 is 12.1 Å². The smallest absolute Gasteiger partial charge is 0.327 e. The Labute approximate surface area is 320 Å². The number of anilines is 3. The van der Waals surface area contributed by atoms with Crippen molar-refractivity contribution in [2.24, 2.45) is 0 Å². The molecule has 18 heteroatoms. The SMILES string of the molecule is CN1CC(=O)N([C@H]2C[C@@H](n3cnc4c(NCC(c5ccc(O)cc5)c5ccc(O)cc5)nc(N5CC[C@@H](NC(=O)Nc6cccnc6)C5)nc43)[C@H](O)[C@@H]2O)C1=O. The molecule has 5 atom stereocenters. The zero-order chi connectivity index (χ0) is 39.1. The van der Waals surface area contributed by atoms with E-state index in [0.29, 0.717) is 54.7 Å². The molecule has 18 nitrogen and oxygen atoms in total. The average molecular weight is 764 g/mol. The number of phenolic OH excluding ortho intramolecular Hbond substituents is 2. The van der Waals surface area contributed by atoms with E-state index >= 15 is 0 Å². The van der Waals surface area contributed by atoms with E-state index in [1.165, 1.54) is 18.3 Å². The number of aliphatic hydroxyl groups is 2. The van der Waals surface area contributed by atoms with Gasteiger partial charge in [-0.1, -0.05) is 24.3 Å². The van der Waals surface area contributed by atoms with E-state index in [-0.39, 0.29) is 42.5 Å². The molecule has 0 bridgehead atoms. The van der Waals surface area contributed by atoms with Crippen LogP contribution >= 0.6 is 0 Å². The molecule has 7 N–H and O–H groups in total. The van der Waals surface area contributed by atoms with E-state index < -0.39 is 36.2 Å². The summed E-state index contributed by atoms with van der Waals surface area (Å²) >= 11 is 0. The Bertz CT molecular complexity index is 2190. The molecule has 2 aliphatic heterocycles. The summed E-state index contributed by atoms with van der Waals surface area (Å²) in [6.07, 6.45) is 2.58. The first-order chi connectivity index (χ1) is 27.0. The van der Waals surface area contributed by atoms with Gasteiger partial charge in [0.2, 0.25) is 5.95 Å². The van der Waals surface area contributed by atoms with Gasteiger partial charge in [-0.05, 0) is 60.4 Å². The first-order valence-electron chi connectivity index (χ1n) is 18.3. The largest absolute Gasteiger partial charge is 0.508 e. The van der Waals surface area contributed by atoms with Gasteiger partial charge in [0.05, 0.1) is 30.3 Å². The molecule has 1 aliphatic carbocycles. The summed E-state index contributed by atoms with van der Waals surface area (Å²) in [5.74, 6) is 0.252. The number of hydrogen-bond acceptors (Lipinski definition) is 13. The van der Waals surface area contributed by atoms with Gasteiger partial charge < -0.3 is 50.7 Å². The second-order valence-electron chi connectivity index (χ2n) is 14.3. The number of carbonyl (C=O) groups is 3. The van der Waals surface area contributed by atoms with Crippen molar-refractivity contribution in [1.82, 2.24) is 39.6 Å². The average Bonchev–Trinajstić information content (AvgIpc) is 3.96. The lowest BCUT2D eigenvalue weighted by Gasteiger charge is -2.24. The molecule has 3 aromatic heterocycles. The van der Waals surface area contributed by atoms with Crippen molar-refractivity contribution in [1.29, 1.82) is 0 Å². The molecule has 2 aromatic carbocycles. The van der Waals surface area contributed by atoms with Crippen LogP contribution in [0.1, 0.15) is 35.9 Å². The number of carbonyl (C=O) groups excluding carboxylic acids is 3. The first-order valence-corrected chi connectivity index (χ1v) is 18.3. The van der Waals surface area contributed by atoms with Crippen LogP contribution in [0, 0.1) is 0 Å². The zero-order valence-corrected chi connectivity index (χ0v) is 30.3. The van der Waals surface area contributed by atoms with Crippen LogP contribution < -0.4 is 20.9 Å². The summed E-state index contributed by atoms with van der Waals surface area (Å²) in [5.41, 5.74) is 3.07. The van der Waals surface area contributed by atoms with Crippen molar-refractivity contribution in [3.8, 4) is 11.5 Å². The van der Waals surface area contributed by atoms with Gasteiger partial charge in [0.15, 0.2) is 17.0 Å².